The molecule has 2 aromatic carbocycles. The zero-order chi connectivity index (χ0) is 24.8. The van der Waals surface area contributed by atoms with Gasteiger partial charge in [-0.15, -0.1) is 0 Å². The summed E-state index contributed by atoms with van der Waals surface area (Å²) >= 11 is 1.55. The summed E-state index contributed by atoms with van der Waals surface area (Å²) in [5, 5.41) is 3.23. The maximum Gasteiger partial charge on any atom is 0.229 e. The van der Waals surface area contributed by atoms with Gasteiger partial charge in [0, 0.05) is 41.2 Å². The summed E-state index contributed by atoms with van der Waals surface area (Å²) in [7, 11) is 0. The van der Waals surface area contributed by atoms with E-state index in [2.05, 4.69) is 79.6 Å². The van der Waals surface area contributed by atoms with Gasteiger partial charge in [0.25, 0.3) is 0 Å². The van der Waals surface area contributed by atoms with Crippen molar-refractivity contribution in [2.75, 3.05) is 13.2 Å². The van der Waals surface area contributed by atoms with Crippen LogP contribution in [-0.4, -0.2) is 30.2 Å². The summed E-state index contributed by atoms with van der Waals surface area (Å²) in [6, 6.07) is 21.1. The number of rotatable bonds is 6. The molecular weight excluding hydrogens is 462 g/mol. The third kappa shape index (κ3) is 3.15. The number of nitrogens with zero attached hydrogens (tertiary/aromatic N) is 1. The van der Waals surface area contributed by atoms with Gasteiger partial charge in [-0.3, -0.25) is 4.79 Å². The fourth-order valence-corrected chi connectivity index (χ4v) is 8.97. The van der Waals surface area contributed by atoms with Gasteiger partial charge in [-0.25, -0.2) is 0 Å². The highest BCUT2D eigenvalue weighted by molar-refractivity contribution is 8.03. The molecule has 0 spiro atoms. The number of benzene rings is 2. The summed E-state index contributed by atoms with van der Waals surface area (Å²) in [5.74, 6) is 3.68. The van der Waals surface area contributed by atoms with E-state index in [1.54, 1.807) is 11.8 Å². The van der Waals surface area contributed by atoms with Crippen molar-refractivity contribution in [2.24, 2.45) is 22.7 Å². The minimum Gasteiger partial charge on any atom is -0.358 e. The second-order valence-electron chi connectivity index (χ2n) is 11.0. The van der Waals surface area contributed by atoms with E-state index < -0.39 is 0 Å². The lowest BCUT2D eigenvalue weighted by atomic mass is 9.52. The van der Waals surface area contributed by atoms with Gasteiger partial charge >= 0.3 is 0 Å². The first kappa shape index (κ1) is 23.9. The molecule has 0 radical (unpaired) electrons. The van der Waals surface area contributed by atoms with E-state index in [1.165, 1.54) is 18.4 Å². The number of thioether (sulfide) groups is 1. The fourth-order valence-electron chi connectivity index (χ4n) is 8.39. The zero-order valence-corrected chi connectivity index (χ0v) is 22.1. The van der Waals surface area contributed by atoms with Crippen molar-refractivity contribution < 1.29 is 9.53 Å². The van der Waals surface area contributed by atoms with E-state index in [0.29, 0.717) is 19.6 Å². The lowest BCUT2D eigenvalue weighted by Crippen LogP contribution is -2.51. The van der Waals surface area contributed by atoms with E-state index >= 15 is 0 Å². The minimum atomic E-state index is -0.268. The van der Waals surface area contributed by atoms with Crippen LogP contribution in [0.4, 0.5) is 0 Å². The van der Waals surface area contributed by atoms with Crippen LogP contribution in [-0.2, 0) is 14.9 Å². The van der Waals surface area contributed by atoms with Crippen LogP contribution in [0.2, 0.25) is 0 Å². The Morgan fingerprint density at radius 3 is 2.50 bits per heavy atom. The van der Waals surface area contributed by atoms with E-state index in [4.69, 9.17) is 4.74 Å². The van der Waals surface area contributed by atoms with Crippen molar-refractivity contribution in [3.05, 3.63) is 78.4 Å². The standard InChI is InChI=1S/C32H35NO2S/c1-3-35-29-27-26(28(34)33(29)22-12-13-23-36-25-16-8-5-9-17-25)32(24-14-6-4-7-15-24)21-20-31(27)19-11-10-18-30(31,32)2/h4-9,14-17,20-21,26-27,29H,3,10-12,18-19,22H2,1-2H3/t26-,27+,29-,30-,31-,32-/m0/s1. The van der Waals surface area contributed by atoms with Crippen LogP contribution >= 0.6 is 11.8 Å². The average molecular weight is 498 g/mol. The van der Waals surface area contributed by atoms with Gasteiger partial charge in [-0.05, 0) is 59.9 Å². The Bertz CT molecular complexity index is 1220. The van der Waals surface area contributed by atoms with Crippen molar-refractivity contribution in [1.29, 1.82) is 0 Å². The van der Waals surface area contributed by atoms with Crippen molar-refractivity contribution in [3.8, 4) is 11.2 Å². The van der Waals surface area contributed by atoms with Gasteiger partial charge in [-0.2, -0.15) is 0 Å². The van der Waals surface area contributed by atoms with E-state index in [1.807, 2.05) is 23.1 Å². The predicted octanol–water partition coefficient (Wildman–Crippen LogP) is 6.66. The Balaban J connectivity index is 1.33. The molecule has 0 unspecified atom stereocenters. The van der Waals surface area contributed by atoms with Gasteiger partial charge in [0.2, 0.25) is 5.91 Å². The van der Waals surface area contributed by atoms with Crippen molar-refractivity contribution in [1.82, 2.24) is 4.90 Å². The number of hydrogen-bond acceptors (Lipinski definition) is 3. The number of fused-ring (bicyclic) bond motifs is 2. The maximum atomic E-state index is 14.4. The van der Waals surface area contributed by atoms with Crippen LogP contribution in [0.25, 0.3) is 0 Å². The highest BCUT2D eigenvalue weighted by Gasteiger charge is 2.81. The van der Waals surface area contributed by atoms with Crippen molar-refractivity contribution in [3.63, 3.8) is 0 Å². The third-order valence-corrected chi connectivity index (χ3v) is 10.5. The molecule has 0 aromatic heterocycles. The summed E-state index contributed by atoms with van der Waals surface area (Å²) < 4.78 is 6.47. The number of likely N-dealkylation sites (tertiary alicyclic amines) is 1. The van der Waals surface area contributed by atoms with Gasteiger partial charge in [0.05, 0.1) is 5.92 Å². The summed E-state index contributed by atoms with van der Waals surface area (Å²) in [6.07, 6.45) is 10.2. The second kappa shape index (κ2) is 9.12. The fraction of sp³-hybridized carbons (Fsp3) is 0.469. The molecule has 3 nitrogen and oxygen atoms in total. The van der Waals surface area contributed by atoms with Crippen LogP contribution in [0, 0.1) is 33.8 Å². The van der Waals surface area contributed by atoms with Crippen molar-refractivity contribution >= 4 is 17.7 Å². The highest BCUT2D eigenvalue weighted by Crippen LogP contribution is 2.80. The maximum absolute atomic E-state index is 14.4. The minimum absolute atomic E-state index is 0.00481. The van der Waals surface area contributed by atoms with Crippen LogP contribution < -0.4 is 0 Å². The summed E-state index contributed by atoms with van der Waals surface area (Å²) in [5.41, 5.74) is 1.07. The quantitative estimate of drug-likeness (QED) is 0.254. The monoisotopic (exact) mass is 497 g/mol. The Morgan fingerprint density at radius 1 is 1.03 bits per heavy atom. The van der Waals surface area contributed by atoms with E-state index in [-0.39, 0.29) is 40.2 Å². The van der Waals surface area contributed by atoms with Crippen LogP contribution in [0.5, 0.6) is 0 Å². The van der Waals surface area contributed by atoms with Gasteiger partial charge < -0.3 is 9.64 Å². The van der Waals surface area contributed by atoms with Crippen LogP contribution in [0.3, 0.4) is 0 Å². The molecule has 186 valence electrons. The first-order valence-corrected chi connectivity index (χ1v) is 14.3. The van der Waals surface area contributed by atoms with Crippen molar-refractivity contribution in [2.45, 2.75) is 62.5 Å². The molecule has 4 heteroatoms. The Morgan fingerprint density at radius 2 is 1.75 bits per heavy atom. The molecule has 1 saturated heterocycles. The molecule has 1 heterocycles. The topological polar surface area (TPSA) is 29.5 Å². The van der Waals surface area contributed by atoms with E-state index in [9.17, 15) is 4.79 Å². The van der Waals surface area contributed by atoms with Crippen LogP contribution in [0.1, 0.15) is 51.5 Å². The third-order valence-electron chi connectivity index (χ3n) is 9.76. The first-order chi connectivity index (χ1) is 17.6. The number of carbonyl (C=O) groups excluding carboxylic acids is 1. The summed E-state index contributed by atoms with van der Waals surface area (Å²) in [6.45, 7) is 5.77. The summed E-state index contributed by atoms with van der Waals surface area (Å²) in [4.78, 5) is 17.6. The number of hydrogen-bond donors (Lipinski definition) is 0. The molecule has 0 N–H and O–H groups in total. The molecule has 3 aliphatic carbocycles. The van der Waals surface area contributed by atoms with Gasteiger partial charge in [-0.1, -0.05) is 86.4 Å². The highest BCUT2D eigenvalue weighted by atomic mass is 32.2. The molecule has 3 fully saturated rings. The molecule has 2 bridgehead atoms. The lowest BCUT2D eigenvalue weighted by molar-refractivity contribution is -0.144. The number of amides is 1. The molecule has 6 atom stereocenters. The molecule has 2 aromatic rings. The zero-order valence-electron chi connectivity index (χ0n) is 21.3. The molecular formula is C32H35NO2S. The molecule has 4 aliphatic rings. The molecule has 2 saturated carbocycles. The molecule has 36 heavy (non-hydrogen) atoms. The van der Waals surface area contributed by atoms with Gasteiger partial charge in [0.15, 0.2) is 0 Å². The smallest absolute Gasteiger partial charge is 0.229 e. The Labute approximate surface area is 219 Å². The SMILES string of the molecule is CCO[C@H]1[C@H]2[C@@H](C(=O)N1CCC#CSc1ccccc1)[C@@]1(c3ccccc3)C=C[C@@]23CCCC[C@]13C. The van der Waals surface area contributed by atoms with Crippen LogP contribution in [0.15, 0.2) is 77.7 Å². The van der Waals surface area contributed by atoms with E-state index in [0.717, 1.165) is 17.7 Å². The molecule has 1 amide bonds. The lowest BCUT2D eigenvalue weighted by Gasteiger charge is -2.52. The Hall–Kier alpha value is -2.48. The number of carbonyl (C=O) groups is 1. The average Bonchev–Trinajstić information content (AvgIpc) is 3.43. The Kier molecular flexibility index (Phi) is 6.05. The number of allylic oxidation sites excluding steroid dienone is 2. The van der Waals surface area contributed by atoms with Gasteiger partial charge in [0.1, 0.15) is 6.23 Å². The number of ether oxygens (including phenoxy) is 1. The predicted molar refractivity (Wildman–Crippen MR) is 145 cm³/mol. The molecule has 6 rings (SSSR count). The first-order valence-electron chi connectivity index (χ1n) is 13.5. The second-order valence-corrected chi connectivity index (χ2v) is 11.9. The molecule has 1 aliphatic heterocycles. The largest absolute Gasteiger partial charge is 0.358 e. The normalized spacial score (nSPS) is 35.9.